The van der Waals surface area contributed by atoms with Crippen LogP contribution in [0.2, 0.25) is 0 Å². The molecular formula is C61H117NO5. The van der Waals surface area contributed by atoms with Gasteiger partial charge in [-0.3, -0.25) is 9.59 Å². The van der Waals surface area contributed by atoms with Crippen molar-refractivity contribution in [3.05, 3.63) is 24.3 Å². The monoisotopic (exact) mass is 944 g/mol. The number of hydrogen-bond donors (Lipinski definition) is 3. The first-order chi connectivity index (χ1) is 33.0. The summed E-state index contributed by atoms with van der Waals surface area (Å²) in [5, 5.41) is 23.2. The normalized spacial score (nSPS) is 12.7. The first-order valence-electron chi connectivity index (χ1n) is 30.1. The smallest absolute Gasteiger partial charge is 0.305 e. The van der Waals surface area contributed by atoms with Crippen LogP contribution in [-0.2, 0) is 14.3 Å². The molecular weight excluding hydrogens is 827 g/mol. The molecule has 0 aromatic carbocycles. The first-order valence-corrected chi connectivity index (χ1v) is 30.1. The first kappa shape index (κ1) is 65.3. The number of esters is 1. The molecule has 396 valence electrons. The fourth-order valence-corrected chi connectivity index (χ4v) is 9.34. The van der Waals surface area contributed by atoms with Crippen molar-refractivity contribution < 1.29 is 24.5 Å². The number of rotatable bonds is 56. The summed E-state index contributed by atoms with van der Waals surface area (Å²) in [6.07, 6.45) is 69.2. The van der Waals surface area contributed by atoms with Gasteiger partial charge in [-0.05, 0) is 57.8 Å². The molecule has 2 atom stereocenters. The maximum atomic E-state index is 12.5. The number of carbonyl (C=O) groups is 2. The minimum absolute atomic E-state index is 0.00845. The van der Waals surface area contributed by atoms with Crippen LogP contribution in [0, 0.1) is 0 Å². The van der Waals surface area contributed by atoms with E-state index in [0.717, 1.165) is 70.6 Å². The third-order valence-electron chi connectivity index (χ3n) is 14.0. The Bertz CT molecular complexity index is 1040. The van der Waals surface area contributed by atoms with Gasteiger partial charge >= 0.3 is 5.97 Å². The van der Waals surface area contributed by atoms with E-state index in [1.165, 1.54) is 231 Å². The summed E-state index contributed by atoms with van der Waals surface area (Å²) in [6, 6.07) is -0.640. The summed E-state index contributed by atoms with van der Waals surface area (Å²) in [5.74, 6) is -0.0887. The van der Waals surface area contributed by atoms with Crippen LogP contribution >= 0.6 is 0 Å². The molecule has 1 amide bonds. The van der Waals surface area contributed by atoms with Crippen LogP contribution < -0.4 is 5.32 Å². The lowest BCUT2D eigenvalue weighted by Crippen LogP contribution is -2.45. The lowest BCUT2D eigenvalue weighted by Gasteiger charge is -2.20. The topological polar surface area (TPSA) is 95.9 Å². The molecule has 3 N–H and O–H groups in total. The van der Waals surface area contributed by atoms with Crippen molar-refractivity contribution in [3.63, 3.8) is 0 Å². The van der Waals surface area contributed by atoms with Crippen molar-refractivity contribution in [1.29, 1.82) is 0 Å². The number of ether oxygens (including phenoxy) is 1. The van der Waals surface area contributed by atoms with E-state index in [9.17, 15) is 19.8 Å². The van der Waals surface area contributed by atoms with Gasteiger partial charge < -0.3 is 20.3 Å². The summed E-state index contributed by atoms with van der Waals surface area (Å²) < 4.78 is 5.46. The van der Waals surface area contributed by atoms with Crippen molar-refractivity contribution in [2.45, 2.75) is 341 Å². The van der Waals surface area contributed by atoms with Crippen molar-refractivity contribution in [3.8, 4) is 0 Å². The van der Waals surface area contributed by atoms with Crippen molar-refractivity contribution >= 4 is 11.9 Å². The van der Waals surface area contributed by atoms with Gasteiger partial charge in [0.25, 0.3) is 0 Å². The number of hydrogen-bond acceptors (Lipinski definition) is 5. The van der Waals surface area contributed by atoms with Crippen LogP contribution in [0.1, 0.15) is 328 Å². The second kappa shape index (κ2) is 56.9. The van der Waals surface area contributed by atoms with Gasteiger partial charge in [0.2, 0.25) is 5.91 Å². The van der Waals surface area contributed by atoms with Gasteiger partial charge in [-0.25, -0.2) is 0 Å². The Morgan fingerprint density at radius 3 is 1.06 bits per heavy atom. The summed E-state index contributed by atoms with van der Waals surface area (Å²) in [7, 11) is 0. The number of aliphatic hydroxyl groups excluding tert-OH is 2. The summed E-state index contributed by atoms with van der Waals surface area (Å²) in [6.45, 7) is 4.89. The molecule has 0 aliphatic carbocycles. The maximum Gasteiger partial charge on any atom is 0.305 e. The van der Waals surface area contributed by atoms with Crippen molar-refractivity contribution in [2.24, 2.45) is 0 Å². The van der Waals surface area contributed by atoms with Gasteiger partial charge in [0.1, 0.15) is 0 Å². The SMILES string of the molecule is CCCCCCCCCCCCCCCCCCCCC/C=C/C(O)C(CO)NC(=O)CCCCCCCCC/C=C\CCCCCCOC(=O)CCCCCCCCCCCCCCCC. The molecule has 0 spiro atoms. The number of aliphatic hydroxyl groups is 2. The van der Waals surface area contributed by atoms with E-state index in [2.05, 4.69) is 31.3 Å². The van der Waals surface area contributed by atoms with Gasteiger partial charge in [0.15, 0.2) is 0 Å². The summed E-state index contributed by atoms with van der Waals surface area (Å²) >= 11 is 0. The molecule has 0 rings (SSSR count). The molecule has 0 aromatic heterocycles. The molecule has 0 saturated carbocycles. The lowest BCUT2D eigenvalue weighted by molar-refractivity contribution is -0.143. The highest BCUT2D eigenvalue weighted by Gasteiger charge is 2.18. The summed E-state index contributed by atoms with van der Waals surface area (Å²) in [5.41, 5.74) is 0. The standard InChI is InChI=1S/C61H117NO5/c1-3-5-7-9-11-13-15-17-19-20-21-22-23-24-26-29-33-37-41-45-49-53-59(64)58(57-63)62-60(65)54-50-46-42-38-34-30-27-25-28-32-36-40-44-48-52-56-67-61(66)55-51-47-43-39-35-31-18-16-14-12-10-8-6-4-2/h28,32,49,53,58-59,63-64H,3-27,29-31,33-48,50-52,54-57H2,1-2H3,(H,62,65)/b32-28-,53-49+. The van der Waals surface area contributed by atoms with E-state index in [0.29, 0.717) is 19.4 Å². The highest BCUT2D eigenvalue weighted by Crippen LogP contribution is 2.17. The molecule has 67 heavy (non-hydrogen) atoms. The van der Waals surface area contributed by atoms with Gasteiger partial charge in [-0.15, -0.1) is 0 Å². The molecule has 2 unspecified atom stereocenters. The minimum Gasteiger partial charge on any atom is -0.466 e. The number of unbranched alkanes of at least 4 members (excludes halogenated alkanes) is 43. The average Bonchev–Trinajstić information content (AvgIpc) is 3.33. The fourth-order valence-electron chi connectivity index (χ4n) is 9.34. The number of nitrogens with one attached hydrogen (secondary N) is 1. The molecule has 0 fully saturated rings. The second-order valence-corrected chi connectivity index (χ2v) is 20.7. The molecule has 0 aliphatic heterocycles. The highest BCUT2D eigenvalue weighted by molar-refractivity contribution is 5.76. The largest absolute Gasteiger partial charge is 0.466 e. The van der Waals surface area contributed by atoms with E-state index in [-0.39, 0.29) is 18.5 Å². The molecule has 6 heteroatoms. The number of allylic oxidation sites excluding steroid dienone is 3. The van der Waals surface area contributed by atoms with Gasteiger partial charge in [-0.1, -0.05) is 282 Å². The van der Waals surface area contributed by atoms with Gasteiger partial charge in [0, 0.05) is 12.8 Å². The molecule has 0 saturated heterocycles. The summed E-state index contributed by atoms with van der Waals surface area (Å²) in [4.78, 5) is 24.5. The average molecular weight is 945 g/mol. The lowest BCUT2D eigenvalue weighted by atomic mass is 10.0. The van der Waals surface area contributed by atoms with E-state index in [1.54, 1.807) is 6.08 Å². The highest BCUT2D eigenvalue weighted by atomic mass is 16.5. The maximum absolute atomic E-state index is 12.5. The van der Waals surface area contributed by atoms with E-state index < -0.39 is 12.1 Å². The Balaban J connectivity index is 3.50. The third-order valence-corrected chi connectivity index (χ3v) is 14.0. The molecule has 0 bridgehead atoms. The molecule has 0 aromatic rings. The third kappa shape index (κ3) is 53.5. The fraction of sp³-hybridized carbons (Fsp3) is 0.902. The minimum atomic E-state index is -0.855. The Labute approximate surface area is 418 Å². The van der Waals surface area contributed by atoms with E-state index in [4.69, 9.17) is 4.74 Å². The van der Waals surface area contributed by atoms with Crippen molar-refractivity contribution in [1.82, 2.24) is 5.32 Å². The van der Waals surface area contributed by atoms with Crippen LogP contribution in [0.5, 0.6) is 0 Å². The van der Waals surface area contributed by atoms with Crippen molar-refractivity contribution in [2.75, 3.05) is 13.2 Å². The second-order valence-electron chi connectivity index (χ2n) is 20.7. The molecule has 0 radical (unpaired) electrons. The Morgan fingerprint density at radius 2 is 0.701 bits per heavy atom. The van der Waals surface area contributed by atoms with E-state index >= 15 is 0 Å². The zero-order valence-corrected chi connectivity index (χ0v) is 45.1. The van der Waals surface area contributed by atoms with Crippen LogP contribution in [0.15, 0.2) is 24.3 Å². The van der Waals surface area contributed by atoms with Crippen LogP contribution in [0.25, 0.3) is 0 Å². The van der Waals surface area contributed by atoms with Crippen LogP contribution in [-0.4, -0.2) is 47.4 Å². The molecule has 0 aliphatic rings. The van der Waals surface area contributed by atoms with Crippen LogP contribution in [0.3, 0.4) is 0 Å². The Kier molecular flexibility index (Phi) is 55.5. The number of carbonyl (C=O) groups excluding carboxylic acids is 2. The molecule has 0 heterocycles. The molecule has 6 nitrogen and oxygen atoms in total. The quantitative estimate of drug-likeness (QED) is 0.0321. The van der Waals surface area contributed by atoms with Gasteiger partial charge in [-0.2, -0.15) is 0 Å². The zero-order valence-electron chi connectivity index (χ0n) is 45.1. The Morgan fingerprint density at radius 1 is 0.403 bits per heavy atom. The number of amides is 1. The van der Waals surface area contributed by atoms with Crippen LogP contribution in [0.4, 0.5) is 0 Å². The predicted octanol–water partition coefficient (Wildman–Crippen LogP) is 18.6. The predicted molar refractivity (Wildman–Crippen MR) is 292 cm³/mol. The Hall–Kier alpha value is -1.66. The van der Waals surface area contributed by atoms with Gasteiger partial charge in [0.05, 0.1) is 25.4 Å². The van der Waals surface area contributed by atoms with E-state index in [1.807, 2.05) is 6.08 Å². The zero-order chi connectivity index (χ0) is 48.6.